The van der Waals surface area contributed by atoms with E-state index >= 15 is 0 Å². The van der Waals surface area contributed by atoms with Gasteiger partial charge in [-0.05, 0) is 30.4 Å². The number of hydrogen-bond acceptors (Lipinski definition) is 6. The third-order valence-electron chi connectivity index (χ3n) is 3.98. The van der Waals surface area contributed by atoms with Crippen LogP contribution in [0.2, 0.25) is 0 Å². The molecule has 1 aliphatic heterocycles. The fraction of sp³-hybridized carbons (Fsp3) is 0.294. The molecule has 0 radical (unpaired) electrons. The number of carbonyl (C=O) groups is 1. The van der Waals surface area contributed by atoms with Crippen molar-refractivity contribution in [1.29, 1.82) is 0 Å². The summed E-state index contributed by atoms with van der Waals surface area (Å²) in [6.45, 7) is 3.07. The van der Waals surface area contributed by atoms with Crippen LogP contribution in [0.4, 0.5) is 11.6 Å². The van der Waals surface area contributed by atoms with Gasteiger partial charge in [0, 0.05) is 38.6 Å². The normalized spacial score (nSPS) is 14.1. The maximum absolute atomic E-state index is 11.9. The van der Waals surface area contributed by atoms with E-state index in [2.05, 4.69) is 25.1 Å². The van der Waals surface area contributed by atoms with Crippen molar-refractivity contribution in [1.82, 2.24) is 14.9 Å². The van der Waals surface area contributed by atoms with Crippen LogP contribution in [0, 0.1) is 0 Å². The van der Waals surface area contributed by atoms with Gasteiger partial charge in [-0.3, -0.25) is 0 Å². The van der Waals surface area contributed by atoms with Crippen LogP contribution in [0.15, 0.2) is 42.7 Å². The summed E-state index contributed by atoms with van der Waals surface area (Å²) in [7, 11) is 1.36. The van der Waals surface area contributed by atoms with Crippen molar-refractivity contribution in [3.8, 4) is 0 Å². The van der Waals surface area contributed by atoms with Gasteiger partial charge in [-0.1, -0.05) is 12.1 Å². The van der Waals surface area contributed by atoms with Gasteiger partial charge in [0.2, 0.25) is 5.95 Å². The number of nitrogens with one attached hydrogen (secondary N) is 1. The van der Waals surface area contributed by atoms with Crippen LogP contribution in [0.1, 0.15) is 10.4 Å². The lowest BCUT2D eigenvalue weighted by atomic mass is 10.2. The molecule has 3 rings (SSSR count). The van der Waals surface area contributed by atoms with Gasteiger partial charge in [-0.15, -0.1) is 0 Å². The highest BCUT2D eigenvalue weighted by atomic mass is 32.1. The average Bonchev–Trinajstić information content (AvgIpc) is 2.68. The first-order valence-electron chi connectivity index (χ1n) is 7.94. The SMILES string of the molecule is COC(=O)c1ccccc1NC(=S)N1CCN(c2ncccn2)CC1. The quantitative estimate of drug-likeness (QED) is 0.658. The number of esters is 1. The summed E-state index contributed by atoms with van der Waals surface area (Å²) in [5.41, 5.74) is 1.11. The lowest BCUT2D eigenvalue weighted by Gasteiger charge is -2.36. The summed E-state index contributed by atoms with van der Waals surface area (Å²) in [5.74, 6) is 0.342. The molecule has 130 valence electrons. The largest absolute Gasteiger partial charge is 0.465 e. The van der Waals surface area contributed by atoms with Gasteiger partial charge in [0.1, 0.15) is 0 Å². The van der Waals surface area contributed by atoms with E-state index < -0.39 is 5.97 Å². The van der Waals surface area contributed by atoms with Crippen molar-refractivity contribution < 1.29 is 9.53 Å². The second kappa shape index (κ2) is 7.89. The number of benzene rings is 1. The van der Waals surface area contributed by atoms with E-state index in [4.69, 9.17) is 17.0 Å². The molecule has 1 N–H and O–H groups in total. The van der Waals surface area contributed by atoms with E-state index in [-0.39, 0.29) is 0 Å². The Balaban J connectivity index is 1.61. The molecule has 0 amide bonds. The van der Waals surface area contributed by atoms with Crippen LogP contribution in [0.5, 0.6) is 0 Å². The van der Waals surface area contributed by atoms with Gasteiger partial charge < -0.3 is 19.9 Å². The lowest BCUT2D eigenvalue weighted by Crippen LogP contribution is -2.50. The summed E-state index contributed by atoms with van der Waals surface area (Å²) in [5, 5.41) is 3.74. The summed E-state index contributed by atoms with van der Waals surface area (Å²) in [6.07, 6.45) is 3.48. The highest BCUT2D eigenvalue weighted by Gasteiger charge is 2.21. The van der Waals surface area contributed by atoms with Gasteiger partial charge in [-0.2, -0.15) is 0 Å². The van der Waals surface area contributed by atoms with Gasteiger partial charge in [-0.25, -0.2) is 14.8 Å². The smallest absolute Gasteiger partial charge is 0.339 e. The first-order valence-corrected chi connectivity index (χ1v) is 8.35. The Morgan fingerprint density at radius 2 is 1.80 bits per heavy atom. The highest BCUT2D eigenvalue weighted by molar-refractivity contribution is 7.80. The fourth-order valence-corrected chi connectivity index (χ4v) is 2.93. The number of nitrogens with zero attached hydrogens (tertiary/aromatic N) is 4. The number of piperazine rings is 1. The van der Waals surface area contributed by atoms with Gasteiger partial charge >= 0.3 is 5.97 Å². The lowest BCUT2D eigenvalue weighted by molar-refractivity contribution is 0.0602. The van der Waals surface area contributed by atoms with Crippen molar-refractivity contribution in [2.45, 2.75) is 0 Å². The highest BCUT2D eigenvalue weighted by Crippen LogP contribution is 2.17. The molecule has 0 aliphatic carbocycles. The fourth-order valence-electron chi connectivity index (χ4n) is 2.64. The minimum Gasteiger partial charge on any atom is -0.465 e. The first-order chi connectivity index (χ1) is 12.2. The average molecular weight is 357 g/mol. The molecule has 25 heavy (non-hydrogen) atoms. The Hall–Kier alpha value is -2.74. The first kappa shape index (κ1) is 17.1. The van der Waals surface area contributed by atoms with E-state index in [1.807, 2.05) is 12.1 Å². The number of thiocarbonyl (C=S) groups is 1. The molecule has 1 fully saturated rings. The monoisotopic (exact) mass is 357 g/mol. The summed E-state index contributed by atoms with van der Waals surface area (Å²) >= 11 is 5.51. The van der Waals surface area contributed by atoms with Gasteiger partial charge in [0.05, 0.1) is 18.4 Å². The molecular formula is C17H19N5O2S. The van der Waals surface area contributed by atoms with Gasteiger partial charge in [0.15, 0.2) is 5.11 Å². The predicted octanol–water partition coefficient (Wildman–Crippen LogP) is 1.78. The van der Waals surface area contributed by atoms with Crippen LogP contribution >= 0.6 is 12.2 Å². The number of anilines is 2. The molecule has 0 bridgehead atoms. The number of para-hydroxylation sites is 1. The molecule has 8 heteroatoms. The number of carbonyl (C=O) groups excluding carboxylic acids is 1. The second-order valence-electron chi connectivity index (χ2n) is 5.49. The maximum atomic E-state index is 11.9. The Morgan fingerprint density at radius 1 is 1.12 bits per heavy atom. The Bertz CT molecular complexity index is 748. The third-order valence-corrected chi connectivity index (χ3v) is 4.34. The number of methoxy groups -OCH3 is 1. The predicted molar refractivity (Wildman–Crippen MR) is 99.8 cm³/mol. The number of rotatable bonds is 3. The van der Waals surface area contributed by atoms with Crippen molar-refractivity contribution in [3.63, 3.8) is 0 Å². The molecule has 0 atom stereocenters. The molecule has 1 saturated heterocycles. The van der Waals surface area contributed by atoms with Crippen LogP contribution in [-0.4, -0.2) is 59.2 Å². The molecule has 2 aromatic rings. The zero-order valence-corrected chi connectivity index (χ0v) is 14.7. The molecule has 7 nitrogen and oxygen atoms in total. The Labute approximate surface area is 151 Å². The Morgan fingerprint density at radius 3 is 2.48 bits per heavy atom. The van der Waals surface area contributed by atoms with Crippen molar-refractivity contribution in [2.24, 2.45) is 0 Å². The van der Waals surface area contributed by atoms with E-state index in [0.29, 0.717) is 16.4 Å². The summed E-state index contributed by atoms with van der Waals surface area (Å²) in [6, 6.07) is 8.97. The van der Waals surface area contributed by atoms with Crippen LogP contribution < -0.4 is 10.2 Å². The van der Waals surface area contributed by atoms with E-state index in [9.17, 15) is 4.79 Å². The topological polar surface area (TPSA) is 70.6 Å². The molecule has 1 aliphatic rings. The number of aromatic nitrogens is 2. The zero-order chi connectivity index (χ0) is 17.6. The summed E-state index contributed by atoms with van der Waals surface area (Å²) < 4.78 is 4.81. The molecule has 0 saturated carbocycles. The van der Waals surface area contributed by atoms with Crippen LogP contribution in [0.3, 0.4) is 0 Å². The van der Waals surface area contributed by atoms with E-state index in [0.717, 1.165) is 32.1 Å². The summed E-state index contributed by atoms with van der Waals surface area (Å²) in [4.78, 5) is 24.6. The van der Waals surface area contributed by atoms with Crippen LogP contribution in [0.25, 0.3) is 0 Å². The van der Waals surface area contributed by atoms with Crippen molar-refractivity contribution >= 4 is 34.9 Å². The van der Waals surface area contributed by atoms with Gasteiger partial charge in [0.25, 0.3) is 0 Å². The number of hydrogen-bond donors (Lipinski definition) is 1. The molecule has 1 aromatic carbocycles. The van der Waals surface area contributed by atoms with E-state index in [1.54, 1.807) is 30.6 Å². The molecular weight excluding hydrogens is 338 g/mol. The molecule has 0 unspecified atom stereocenters. The second-order valence-corrected chi connectivity index (χ2v) is 5.88. The maximum Gasteiger partial charge on any atom is 0.339 e. The molecule has 1 aromatic heterocycles. The molecule has 2 heterocycles. The van der Waals surface area contributed by atoms with Crippen LogP contribution in [-0.2, 0) is 4.74 Å². The molecule has 0 spiro atoms. The van der Waals surface area contributed by atoms with E-state index in [1.165, 1.54) is 7.11 Å². The van der Waals surface area contributed by atoms with Crippen molar-refractivity contribution in [2.75, 3.05) is 43.5 Å². The third kappa shape index (κ3) is 4.03. The van der Waals surface area contributed by atoms with Crippen molar-refractivity contribution in [3.05, 3.63) is 48.3 Å². The number of ether oxygens (including phenoxy) is 1. The minimum atomic E-state index is -0.392. The standard InChI is InChI=1S/C17H19N5O2S/c1-24-15(23)13-5-2-3-6-14(13)20-17(25)22-11-9-21(10-12-22)16-18-7-4-8-19-16/h2-8H,9-12H2,1H3,(H,20,25). The zero-order valence-electron chi connectivity index (χ0n) is 13.9. The Kier molecular flexibility index (Phi) is 5.39. The minimum absolute atomic E-state index is 0.392.